The van der Waals surface area contributed by atoms with E-state index in [4.69, 9.17) is 10.1 Å². The fourth-order valence-corrected chi connectivity index (χ4v) is 4.60. The summed E-state index contributed by atoms with van der Waals surface area (Å²) < 4.78 is 30.7. The molecular weight excluding hydrogens is 478 g/mol. The zero-order valence-electron chi connectivity index (χ0n) is 19.6. The number of imidazole rings is 2. The highest BCUT2D eigenvalue weighted by molar-refractivity contribution is 6.03. The van der Waals surface area contributed by atoms with Crippen molar-refractivity contribution in [3.8, 4) is 22.6 Å². The SMILES string of the molecule is O=C(Nc1cn2nc(-c3c(-c4ccc(F)cc4)ncn3C3CCNCC3)ccc2n1)c1ccnc(F)c1. The van der Waals surface area contributed by atoms with Crippen LogP contribution in [0.2, 0.25) is 0 Å². The summed E-state index contributed by atoms with van der Waals surface area (Å²) in [5, 5.41) is 10.8. The maximum atomic E-state index is 13.6. The van der Waals surface area contributed by atoms with Gasteiger partial charge in [-0.2, -0.15) is 9.49 Å². The Hall–Kier alpha value is -4.51. The first-order chi connectivity index (χ1) is 18.0. The van der Waals surface area contributed by atoms with E-state index in [2.05, 4.69) is 25.2 Å². The van der Waals surface area contributed by atoms with Crippen LogP contribution in [0, 0.1) is 11.8 Å². The number of carbonyl (C=O) groups excluding carboxylic acids is 1. The van der Waals surface area contributed by atoms with E-state index in [0.29, 0.717) is 17.0 Å². The Labute approximate surface area is 210 Å². The molecule has 11 heteroatoms. The van der Waals surface area contributed by atoms with Crippen LogP contribution in [0.1, 0.15) is 29.2 Å². The van der Waals surface area contributed by atoms with Gasteiger partial charge in [-0.15, -0.1) is 0 Å². The van der Waals surface area contributed by atoms with Gasteiger partial charge in [0.25, 0.3) is 5.91 Å². The van der Waals surface area contributed by atoms with Crippen LogP contribution in [0.5, 0.6) is 0 Å². The Balaban J connectivity index is 1.38. The second-order valence-electron chi connectivity index (χ2n) is 8.81. The summed E-state index contributed by atoms with van der Waals surface area (Å²) in [5.41, 5.74) is 3.64. The van der Waals surface area contributed by atoms with Gasteiger partial charge in [-0.05, 0) is 68.4 Å². The molecule has 37 heavy (non-hydrogen) atoms. The molecule has 0 spiro atoms. The lowest BCUT2D eigenvalue weighted by atomic mass is 10.0. The Morgan fingerprint density at radius 1 is 1.03 bits per heavy atom. The summed E-state index contributed by atoms with van der Waals surface area (Å²) >= 11 is 0. The molecule has 0 unspecified atom stereocenters. The molecule has 4 aromatic heterocycles. The third-order valence-corrected chi connectivity index (χ3v) is 6.41. The molecule has 1 aliphatic heterocycles. The monoisotopic (exact) mass is 500 g/mol. The van der Waals surface area contributed by atoms with Crippen LogP contribution >= 0.6 is 0 Å². The second kappa shape index (κ2) is 9.51. The average molecular weight is 501 g/mol. The molecule has 186 valence electrons. The van der Waals surface area contributed by atoms with Gasteiger partial charge < -0.3 is 15.2 Å². The van der Waals surface area contributed by atoms with Gasteiger partial charge in [0.2, 0.25) is 5.95 Å². The zero-order valence-corrected chi connectivity index (χ0v) is 19.6. The van der Waals surface area contributed by atoms with Crippen LogP contribution < -0.4 is 10.6 Å². The van der Waals surface area contributed by atoms with Crippen molar-refractivity contribution >= 4 is 17.4 Å². The molecule has 0 bridgehead atoms. The molecule has 0 atom stereocenters. The third-order valence-electron chi connectivity index (χ3n) is 6.41. The van der Waals surface area contributed by atoms with Crippen molar-refractivity contribution in [1.82, 2.24) is 34.4 Å². The number of rotatable bonds is 5. The van der Waals surface area contributed by atoms with Gasteiger partial charge in [0.05, 0.1) is 23.9 Å². The molecule has 5 aromatic rings. The second-order valence-corrected chi connectivity index (χ2v) is 8.81. The lowest BCUT2D eigenvalue weighted by Crippen LogP contribution is -2.29. The number of anilines is 1. The molecule has 5 heterocycles. The Morgan fingerprint density at radius 2 is 1.84 bits per heavy atom. The van der Waals surface area contributed by atoms with Crippen molar-refractivity contribution in [3.05, 3.63) is 84.6 Å². The lowest BCUT2D eigenvalue weighted by Gasteiger charge is -2.25. The molecule has 0 aliphatic carbocycles. The Kier molecular flexibility index (Phi) is 5.89. The number of nitrogens with zero attached hydrogens (tertiary/aromatic N) is 6. The number of nitrogens with one attached hydrogen (secondary N) is 2. The minimum Gasteiger partial charge on any atom is -0.326 e. The van der Waals surface area contributed by atoms with Crippen molar-refractivity contribution < 1.29 is 13.6 Å². The van der Waals surface area contributed by atoms with Crippen molar-refractivity contribution in [3.63, 3.8) is 0 Å². The van der Waals surface area contributed by atoms with E-state index >= 15 is 0 Å². The molecular formula is C26H22F2N8O. The number of aromatic nitrogens is 6. The summed E-state index contributed by atoms with van der Waals surface area (Å²) in [5.74, 6) is -1.29. The summed E-state index contributed by atoms with van der Waals surface area (Å²) in [6, 6.07) is 12.6. The Bertz CT molecular complexity index is 1590. The van der Waals surface area contributed by atoms with E-state index in [1.54, 1.807) is 28.9 Å². The number of carbonyl (C=O) groups is 1. The molecule has 1 saturated heterocycles. The smallest absolute Gasteiger partial charge is 0.257 e. The molecule has 0 radical (unpaired) electrons. The standard InChI is InChI=1S/C26H22F2N8O/c27-18-3-1-16(2-4-18)24-25(35(15-31-24)19-8-10-29-11-9-19)20-5-6-23-32-22(14-36(23)34-20)33-26(37)17-7-12-30-21(28)13-17/h1-7,12-15,19,29H,8-11H2,(H,33,37). The lowest BCUT2D eigenvalue weighted by molar-refractivity contribution is 0.102. The minimum atomic E-state index is -0.740. The van der Waals surface area contributed by atoms with Gasteiger partial charge in [0.1, 0.15) is 11.5 Å². The largest absolute Gasteiger partial charge is 0.326 e. The minimum absolute atomic E-state index is 0.132. The predicted octanol–water partition coefficient (Wildman–Crippen LogP) is 4.11. The quantitative estimate of drug-likeness (QED) is 0.352. The Morgan fingerprint density at radius 3 is 2.62 bits per heavy atom. The van der Waals surface area contributed by atoms with Crippen LogP contribution in [0.3, 0.4) is 0 Å². The number of pyridine rings is 1. The maximum absolute atomic E-state index is 13.6. The molecule has 6 rings (SSSR count). The fraction of sp³-hybridized carbons (Fsp3) is 0.192. The van der Waals surface area contributed by atoms with Gasteiger partial charge in [0, 0.05) is 29.4 Å². The molecule has 1 aromatic carbocycles. The van der Waals surface area contributed by atoms with E-state index in [1.807, 2.05) is 12.4 Å². The summed E-state index contributed by atoms with van der Waals surface area (Å²) in [6.45, 7) is 1.82. The third kappa shape index (κ3) is 4.56. The molecule has 1 fully saturated rings. The van der Waals surface area contributed by atoms with Crippen molar-refractivity contribution in [2.45, 2.75) is 18.9 Å². The number of fused-ring (bicyclic) bond motifs is 1. The first-order valence-electron chi connectivity index (χ1n) is 11.9. The first kappa shape index (κ1) is 22.9. The highest BCUT2D eigenvalue weighted by Crippen LogP contribution is 2.34. The zero-order chi connectivity index (χ0) is 25.4. The van der Waals surface area contributed by atoms with Crippen LogP contribution in [0.4, 0.5) is 14.6 Å². The van der Waals surface area contributed by atoms with Gasteiger partial charge in [-0.1, -0.05) is 0 Å². The number of hydrogen-bond acceptors (Lipinski definition) is 6. The number of hydrogen-bond donors (Lipinski definition) is 2. The average Bonchev–Trinajstić information content (AvgIpc) is 3.53. The van der Waals surface area contributed by atoms with Crippen LogP contribution in [0.25, 0.3) is 28.3 Å². The number of piperidine rings is 1. The predicted molar refractivity (Wildman–Crippen MR) is 133 cm³/mol. The number of amides is 1. The van der Waals surface area contributed by atoms with E-state index in [0.717, 1.165) is 43.3 Å². The van der Waals surface area contributed by atoms with Gasteiger partial charge in [0.15, 0.2) is 11.5 Å². The number of benzene rings is 1. The van der Waals surface area contributed by atoms with Crippen LogP contribution in [0.15, 0.2) is 67.3 Å². The number of halogens is 2. The summed E-state index contributed by atoms with van der Waals surface area (Å²) in [6.07, 6.45) is 6.54. The molecule has 2 N–H and O–H groups in total. The van der Waals surface area contributed by atoms with E-state index in [1.165, 1.54) is 24.4 Å². The molecule has 0 saturated carbocycles. The van der Waals surface area contributed by atoms with Crippen molar-refractivity contribution in [2.24, 2.45) is 0 Å². The van der Waals surface area contributed by atoms with Crippen LogP contribution in [-0.2, 0) is 0 Å². The van der Waals surface area contributed by atoms with E-state index in [9.17, 15) is 13.6 Å². The van der Waals surface area contributed by atoms with Crippen LogP contribution in [-0.4, -0.2) is 48.1 Å². The highest BCUT2D eigenvalue weighted by Gasteiger charge is 2.24. The summed E-state index contributed by atoms with van der Waals surface area (Å²) in [4.78, 5) is 25.1. The maximum Gasteiger partial charge on any atom is 0.257 e. The van der Waals surface area contributed by atoms with E-state index in [-0.39, 0.29) is 23.2 Å². The van der Waals surface area contributed by atoms with E-state index < -0.39 is 11.9 Å². The normalized spacial score (nSPS) is 14.2. The van der Waals surface area contributed by atoms with Crippen molar-refractivity contribution in [1.29, 1.82) is 0 Å². The first-order valence-corrected chi connectivity index (χ1v) is 11.9. The topological polar surface area (TPSA) is 102 Å². The summed E-state index contributed by atoms with van der Waals surface area (Å²) in [7, 11) is 0. The van der Waals surface area contributed by atoms with Crippen molar-refractivity contribution in [2.75, 3.05) is 18.4 Å². The van der Waals surface area contributed by atoms with Gasteiger partial charge >= 0.3 is 0 Å². The fourth-order valence-electron chi connectivity index (χ4n) is 4.60. The molecule has 9 nitrogen and oxygen atoms in total. The van der Waals surface area contributed by atoms with Gasteiger partial charge in [-0.25, -0.2) is 23.9 Å². The molecule has 1 amide bonds. The van der Waals surface area contributed by atoms with Gasteiger partial charge in [-0.3, -0.25) is 4.79 Å². The molecule has 1 aliphatic rings. The highest BCUT2D eigenvalue weighted by atomic mass is 19.1.